The highest BCUT2D eigenvalue weighted by molar-refractivity contribution is 5.93. The average Bonchev–Trinajstić information content (AvgIpc) is 3.49. The number of aromatic nitrogens is 5. The Labute approximate surface area is 186 Å². The number of pyridine rings is 1. The normalized spacial score (nSPS) is 13.7. The van der Waals surface area contributed by atoms with Crippen LogP contribution < -0.4 is 11.1 Å². The number of furan rings is 1. The van der Waals surface area contributed by atoms with Gasteiger partial charge >= 0.3 is 0 Å². The average molecular weight is 448 g/mol. The molecule has 5 rings (SSSR count). The van der Waals surface area contributed by atoms with Crippen molar-refractivity contribution in [2.24, 2.45) is 0 Å². The third kappa shape index (κ3) is 3.85. The molecule has 4 aromatic heterocycles. The molecule has 0 bridgehead atoms. The maximum Gasteiger partial charge on any atom is 0.287 e. The Balaban J connectivity index is 1.31. The van der Waals surface area contributed by atoms with Gasteiger partial charge in [-0.05, 0) is 17.7 Å². The third-order valence-electron chi connectivity index (χ3n) is 5.47. The van der Waals surface area contributed by atoms with Gasteiger partial charge in [0.1, 0.15) is 12.0 Å². The smallest absolute Gasteiger partial charge is 0.287 e. The van der Waals surface area contributed by atoms with Crippen molar-refractivity contribution in [3.63, 3.8) is 0 Å². The molecule has 0 unspecified atom stereocenters. The highest BCUT2D eigenvalue weighted by Crippen LogP contribution is 2.24. The molecule has 0 atom stereocenters. The zero-order chi connectivity index (χ0) is 22.9. The van der Waals surface area contributed by atoms with Crippen LogP contribution >= 0.6 is 0 Å². The van der Waals surface area contributed by atoms with Gasteiger partial charge in [0.25, 0.3) is 5.69 Å². The standard InChI is InChI=1S/C20H20N10O3/c21-9-14-17(26-20(22)29-19(14)25-18(27-29)16-2-1-7-33-16)23-4-6-28-5-3-15-12(11-28)8-13(10-24-15)30(31)32/h1-2,7-10,21,23H,3-6,11H2,(H2,22,26). The van der Waals surface area contributed by atoms with Gasteiger partial charge in [0.15, 0.2) is 11.4 Å². The summed E-state index contributed by atoms with van der Waals surface area (Å²) < 4.78 is 6.73. The van der Waals surface area contributed by atoms with E-state index in [9.17, 15) is 10.1 Å². The molecule has 1 aliphatic heterocycles. The fourth-order valence-electron chi connectivity index (χ4n) is 3.85. The summed E-state index contributed by atoms with van der Waals surface area (Å²) in [6, 6.07) is 5.07. The summed E-state index contributed by atoms with van der Waals surface area (Å²) in [5, 5.41) is 26.5. The lowest BCUT2D eigenvalue weighted by Gasteiger charge is -2.28. The Morgan fingerprint density at radius 3 is 3.03 bits per heavy atom. The van der Waals surface area contributed by atoms with Gasteiger partial charge in [-0.2, -0.15) is 9.50 Å². The van der Waals surface area contributed by atoms with Crippen molar-refractivity contribution in [3.05, 3.63) is 57.6 Å². The Morgan fingerprint density at radius 1 is 1.39 bits per heavy atom. The first-order valence-corrected chi connectivity index (χ1v) is 10.2. The molecule has 0 amide bonds. The van der Waals surface area contributed by atoms with Crippen LogP contribution in [0.5, 0.6) is 0 Å². The summed E-state index contributed by atoms with van der Waals surface area (Å²) in [6.45, 7) is 2.56. The summed E-state index contributed by atoms with van der Waals surface area (Å²) in [5.74, 6) is 1.41. The number of hydrogen-bond donors (Lipinski definition) is 3. The molecule has 5 heterocycles. The first-order valence-electron chi connectivity index (χ1n) is 10.2. The van der Waals surface area contributed by atoms with Crippen LogP contribution in [0.3, 0.4) is 0 Å². The largest absolute Gasteiger partial charge is 0.461 e. The molecule has 0 aromatic carbocycles. The van der Waals surface area contributed by atoms with Crippen molar-refractivity contribution < 1.29 is 9.34 Å². The van der Waals surface area contributed by atoms with E-state index in [1.807, 2.05) is 0 Å². The second kappa shape index (κ2) is 8.27. The third-order valence-corrected chi connectivity index (χ3v) is 5.47. The zero-order valence-electron chi connectivity index (χ0n) is 17.4. The van der Waals surface area contributed by atoms with E-state index in [-0.39, 0.29) is 11.6 Å². The van der Waals surface area contributed by atoms with Crippen LogP contribution in [0.1, 0.15) is 16.8 Å². The number of anilines is 2. The summed E-state index contributed by atoms with van der Waals surface area (Å²) in [7, 11) is 0. The minimum atomic E-state index is -0.430. The van der Waals surface area contributed by atoms with Crippen LogP contribution in [0, 0.1) is 15.5 Å². The molecule has 1 aliphatic rings. The molecule has 0 aliphatic carbocycles. The fourth-order valence-corrected chi connectivity index (χ4v) is 3.85. The van der Waals surface area contributed by atoms with Crippen LogP contribution in [-0.4, -0.2) is 60.2 Å². The Bertz CT molecular complexity index is 1350. The predicted molar refractivity (Wildman–Crippen MR) is 119 cm³/mol. The minimum absolute atomic E-state index is 0.000414. The highest BCUT2D eigenvalue weighted by Gasteiger charge is 2.21. The number of nitrogens with one attached hydrogen (secondary N) is 2. The van der Waals surface area contributed by atoms with E-state index in [2.05, 4.69) is 30.3 Å². The lowest BCUT2D eigenvalue weighted by molar-refractivity contribution is -0.385. The van der Waals surface area contributed by atoms with E-state index in [0.29, 0.717) is 48.2 Å². The Hall–Kier alpha value is -4.39. The van der Waals surface area contributed by atoms with Crippen molar-refractivity contribution in [3.8, 4) is 11.6 Å². The van der Waals surface area contributed by atoms with Crippen molar-refractivity contribution in [1.29, 1.82) is 5.41 Å². The summed E-state index contributed by atoms with van der Waals surface area (Å²) in [5.41, 5.74) is 8.71. The van der Waals surface area contributed by atoms with Crippen LogP contribution in [0.4, 0.5) is 17.5 Å². The van der Waals surface area contributed by atoms with E-state index in [0.717, 1.165) is 30.4 Å². The van der Waals surface area contributed by atoms with Gasteiger partial charge in [0, 0.05) is 50.6 Å². The lowest BCUT2D eigenvalue weighted by atomic mass is 10.1. The molecule has 0 fully saturated rings. The van der Waals surface area contributed by atoms with Gasteiger partial charge in [-0.25, -0.2) is 4.98 Å². The summed E-state index contributed by atoms with van der Waals surface area (Å²) >= 11 is 0. The number of nitrogen functional groups attached to an aromatic ring is 1. The molecule has 0 saturated carbocycles. The first-order chi connectivity index (χ1) is 16.0. The number of fused-ring (bicyclic) bond motifs is 2. The molecule has 13 heteroatoms. The van der Waals surface area contributed by atoms with Gasteiger partial charge in [-0.15, -0.1) is 5.10 Å². The van der Waals surface area contributed by atoms with E-state index in [1.165, 1.54) is 17.0 Å². The van der Waals surface area contributed by atoms with Crippen LogP contribution in [0.2, 0.25) is 0 Å². The van der Waals surface area contributed by atoms with Crippen molar-refractivity contribution in [2.45, 2.75) is 13.0 Å². The number of nitrogens with two attached hydrogens (primary N) is 1. The molecule has 33 heavy (non-hydrogen) atoms. The Morgan fingerprint density at radius 2 is 2.27 bits per heavy atom. The molecule has 4 aromatic rings. The van der Waals surface area contributed by atoms with E-state index < -0.39 is 4.92 Å². The SMILES string of the molecule is N=Cc1c(NCCN2CCc3ncc([N+](=O)[O-])cc3C2)nc(N)n2nc(-c3ccco3)nc12. The van der Waals surface area contributed by atoms with Gasteiger partial charge in [0.2, 0.25) is 11.8 Å². The summed E-state index contributed by atoms with van der Waals surface area (Å²) in [6.07, 6.45) is 4.72. The van der Waals surface area contributed by atoms with Gasteiger partial charge in [0.05, 0.1) is 16.7 Å². The number of nitro groups is 1. The molecular weight excluding hydrogens is 428 g/mol. The maximum atomic E-state index is 11.0. The fraction of sp³-hybridized carbons (Fsp3) is 0.250. The second-order valence-corrected chi connectivity index (χ2v) is 7.53. The zero-order valence-corrected chi connectivity index (χ0v) is 17.4. The second-order valence-electron chi connectivity index (χ2n) is 7.53. The molecular formula is C20H20N10O3. The monoisotopic (exact) mass is 448 g/mol. The quantitative estimate of drug-likeness (QED) is 0.214. The lowest BCUT2D eigenvalue weighted by Crippen LogP contribution is -2.35. The van der Waals surface area contributed by atoms with Crippen molar-refractivity contribution in [1.82, 2.24) is 29.5 Å². The molecule has 168 valence electrons. The van der Waals surface area contributed by atoms with Crippen LogP contribution in [0.25, 0.3) is 17.2 Å². The van der Waals surface area contributed by atoms with Crippen LogP contribution in [-0.2, 0) is 13.0 Å². The van der Waals surface area contributed by atoms with Gasteiger partial charge in [-0.3, -0.25) is 20.0 Å². The molecule has 4 N–H and O–H groups in total. The topological polar surface area (TPSA) is 177 Å². The molecule has 13 nitrogen and oxygen atoms in total. The van der Waals surface area contributed by atoms with Gasteiger partial charge < -0.3 is 20.9 Å². The van der Waals surface area contributed by atoms with E-state index >= 15 is 0 Å². The van der Waals surface area contributed by atoms with Crippen molar-refractivity contribution >= 4 is 29.3 Å². The minimum Gasteiger partial charge on any atom is -0.461 e. The Kier molecular flexibility index (Phi) is 5.14. The van der Waals surface area contributed by atoms with E-state index in [1.54, 1.807) is 18.2 Å². The highest BCUT2D eigenvalue weighted by atomic mass is 16.6. The molecule has 0 saturated heterocycles. The van der Waals surface area contributed by atoms with Gasteiger partial charge in [-0.1, -0.05) is 0 Å². The number of hydrogen-bond acceptors (Lipinski definition) is 11. The molecule has 0 spiro atoms. The summed E-state index contributed by atoms with van der Waals surface area (Å²) in [4.78, 5) is 25.8. The van der Waals surface area contributed by atoms with Crippen molar-refractivity contribution in [2.75, 3.05) is 30.7 Å². The van der Waals surface area contributed by atoms with E-state index in [4.69, 9.17) is 15.6 Å². The maximum absolute atomic E-state index is 11.0. The number of nitrogens with zero attached hydrogens (tertiary/aromatic N) is 7. The predicted octanol–water partition coefficient (Wildman–Crippen LogP) is 1.74. The first kappa shape index (κ1) is 20.5. The number of rotatable bonds is 7. The molecule has 0 radical (unpaired) electrons. The van der Waals surface area contributed by atoms with Crippen LogP contribution in [0.15, 0.2) is 35.1 Å².